The van der Waals surface area contributed by atoms with E-state index in [0.29, 0.717) is 171 Å². The summed E-state index contributed by atoms with van der Waals surface area (Å²) in [6, 6.07) is 22.3. The summed E-state index contributed by atoms with van der Waals surface area (Å²) in [5.74, 6) is 1.71. The van der Waals surface area contributed by atoms with Crippen molar-refractivity contribution in [3.63, 3.8) is 0 Å². The van der Waals surface area contributed by atoms with Gasteiger partial charge in [-0.15, -0.1) is 34.0 Å². The average Bonchev–Trinajstić information content (AvgIpc) is 1.08. The predicted molar refractivity (Wildman–Crippen MR) is 514 cm³/mol. The molecule has 0 unspecified atom stereocenters. The fourth-order valence-electron chi connectivity index (χ4n) is 14.0. The normalized spacial score (nSPS) is 14.9. The van der Waals surface area contributed by atoms with Crippen molar-refractivity contribution in [2.75, 3.05) is 95.9 Å². The Balaban J connectivity index is 0.000000165. The van der Waals surface area contributed by atoms with Crippen molar-refractivity contribution in [2.24, 2.45) is 11.8 Å². The van der Waals surface area contributed by atoms with Crippen LogP contribution in [-0.2, 0) is 71.6 Å². The molecule has 740 valence electrons. The van der Waals surface area contributed by atoms with Gasteiger partial charge in [-0.2, -0.15) is 12.9 Å². The molecule has 0 N–H and O–H groups in total. The van der Waals surface area contributed by atoms with Crippen LogP contribution in [0.1, 0.15) is 186 Å². The van der Waals surface area contributed by atoms with Crippen molar-refractivity contribution < 1.29 is 101 Å². The summed E-state index contributed by atoms with van der Waals surface area (Å²) in [5, 5.41) is 8.02. The Labute approximate surface area is 814 Å². The zero-order valence-corrected chi connectivity index (χ0v) is 84.5. The first-order valence-corrected chi connectivity index (χ1v) is 52.5. The lowest BCUT2D eigenvalue weighted by molar-refractivity contribution is 0.00797. The molecular weight excluding hydrogens is 1900 g/mol. The molecule has 0 aromatic carbocycles. The van der Waals surface area contributed by atoms with E-state index in [1.54, 1.807) is 112 Å². The van der Waals surface area contributed by atoms with Gasteiger partial charge < -0.3 is 43.0 Å². The molecule has 10 aromatic rings. The Kier molecular flexibility index (Phi) is 37.8. The Morgan fingerprint density at radius 3 is 0.935 bits per heavy atom. The number of hydrogen-bond acceptors (Lipinski definition) is 33. The van der Waals surface area contributed by atoms with Crippen molar-refractivity contribution in [1.29, 1.82) is 0 Å². The van der Waals surface area contributed by atoms with Crippen LogP contribution >= 0.6 is 34.0 Å². The molecular formula is C95H115F2N15O20S6. The van der Waals surface area contributed by atoms with Gasteiger partial charge in [-0.3, -0.25) is 33.9 Å². The number of nitrogens with zero attached hydrogens (tertiary/aromatic N) is 15. The first kappa shape index (κ1) is 107. The lowest BCUT2D eigenvalue weighted by Crippen LogP contribution is -2.56. The summed E-state index contributed by atoms with van der Waals surface area (Å²) < 4.78 is 142. The molecule has 0 atom stereocenters. The highest BCUT2D eigenvalue weighted by Crippen LogP contribution is 2.31. The maximum absolute atomic E-state index is 13.0. The molecule has 0 radical (unpaired) electrons. The van der Waals surface area contributed by atoms with Crippen LogP contribution in [0, 0.1) is 78.9 Å². The Hall–Kier alpha value is -11.6. The molecule has 5 fully saturated rings. The van der Waals surface area contributed by atoms with E-state index < -0.39 is 41.7 Å². The number of amides is 2. The van der Waals surface area contributed by atoms with Crippen molar-refractivity contribution in [2.45, 2.75) is 179 Å². The van der Waals surface area contributed by atoms with Gasteiger partial charge in [0.2, 0.25) is 30.1 Å². The minimum atomic E-state index is -3.23. The third kappa shape index (κ3) is 32.2. The van der Waals surface area contributed by atoms with E-state index in [9.17, 15) is 67.6 Å². The zero-order valence-electron chi connectivity index (χ0n) is 79.6. The number of aromatic nitrogens is 10. The first-order chi connectivity index (χ1) is 65.4. The van der Waals surface area contributed by atoms with Crippen LogP contribution in [0.25, 0.3) is 0 Å². The van der Waals surface area contributed by atoms with Gasteiger partial charge in [-0.05, 0) is 111 Å². The number of Topliss-reactive ketones (excluding diaryl/α,β-unsaturated/α-hetero) is 5. The molecule has 10 aromatic heterocycles. The highest BCUT2D eigenvalue weighted by Gasteiger charge is 2.41. The second-order valence-corrected chi connectivity index (χ2v) is 43.9. The number of ether oxygens (including phenoxy) is 7. The fourth-order valence-corrected chi connectivity index (χ4v) is 20.9. The fraction of sp³-hybridized carbons (Fsp3) is 0.463. The van der Waals surface area contributed by atoms with Gasteiger partial charge in [0.25, 0.3) is 0 Å². The van der Waals surface area contributed by atoms with E-state index in [0.717, 1.165) is 50.9 Å². The molecule has 2 amide bonds. The van der Waals surface area contributed by atoms with Gasteiger partial charge >= 0.3 is 12.2 Å². The number of thiazole rings is 3. The number of rotatable bonds is 37. The SMILES string of the molecule is CCCOC(=O)N1CC(Oc2cc(C)nc(C(=O)Cc3ccc(F)cn3)c2)C1.CCCS(=O)(=O)N1CC(Oc2cc(C)nc(C(=O)Cc3nc(C)cs3)c2)C1.CCS(=O)(=O)N1CC(Oc2cc(C)nc(C(=O)Cc3nc(C)cs3)c2)C1.Cc1cc(OC2CN(C(=O)OCC(C)C)C2)cc(C(=O)Cc2ccc(F)cn2)n1.Cc1cc(OC2CN(S(=O)(=O)CC(C)C)C2)cc(C(=O)Cc2nc(C)cs2)n1. The lowest BCUT2D eigenvalue weighted by atomic mass is 10.1. The van der Waals surface area contributed by atoms with E-state index in [2.05, 4.69) is 49.8 Å². The Morgan fingerprint density at radius 1 is 0.370 bits per heavy atom. The average molecular weight is 2020 g/mol. The summed E-state index contributed by atoms with van der Waals surface area (Å²) in [6.45, 7) is 32.3. The van der Waals surface area contributed by atoms with Crippen LogP contribution in [0.5, 0.6) is 28.7 Å². The molecule has 0 spiro atoms. The van der Waals surface area contributed by atoms with Crippen LogP contribution in [0.2, 0.25) is 0 Å². The third-order valence-electron chi connectivity index (χ3n) is 20.9. The molecule has 5 saturated heterocycles. The molecule has 43 heteroatoms. The quantitative estimate of drug-likeness (QED) is 0.0326. The van der Waals surface area contributed by atoms with Gasteiger partial charge in [0.1, 0.15) is 114 Å². The predicted octanol–water partition coefficient (Wildman–Crippen LogP) is 13.2. The number of pyridine rings is 7. The molecule has 35 nitrogen and oxygen atoms in total. The lowest BCUT2D eigenvalue weighted by Gasteiger charge is -2.38. The maximum Gasteiger partial charge on any atom is 0.410 e. The van der Waals surface area contributed by atoms with E-state index in [1.807, 2.05) is 78.5 Å². The second-order valence-electron chi connectivity index (χ2n) is 34.7. The van der Waals surface area contributed by atoms with Crippen LogP contribution < -0.4 is 23.7 Å². The summed E-state index contributed by atoms with van der Waals surface area (Å²) in [5.41, 5.74) is 8.51. The van der Waals surface area contributed by atoms with E-state index >= 15 is 0 Å². The van der Waals surface area contributed by atoms with Gasteiger partial charge in [-0.1, -0.05) is 41.5 Å². The molecule has 15 rings (SSSR count). The standard InChI is InChI=1S/C21H24FN3O4.C20H22FN3O4.C19H25N3O4S2.C18H23N3O4S2.C17H21N3O4S2/c1-13(2)12-28-21(27)25-10-18(11-25)29-17-6-14(3)24-19(8-17)20(26)7-16-5-4-15(22)9-23-16;1-3-6-27-20(26)24-11-17(12-24)28-16-7-13(2)23-18(9-16)19(25)8-15-5-4-14(21)10-22-15;1-12(2)11-28(24,25)22-8-16(9-22)26-15-5-13(3)20-17(6-15)18(23)7-19-21-14(4)10-27-19;1-4-5-27(23,24)21-9-15(10-21)25-14-6-12(2)19-16(7-14)17(22)8-18-20-13(3)11-26-18;1-4-26(22,23)20-8-14(9-20)24-13-5-11(2)18-15(6-13)16(21)7-17-19-12(3)10-25-17/h4-6,8-9,13,18H,7,10-12H2,1-3H3;4-5,7,9-10,17H,3,6,8,11-12H2,1-2H3;5-6,10,12,16H,7-9,11H2,1-4H3;6-7,11,15H,4-5,8-10H2,1-3H3;5-6,10,14H,4,7-9H2,1-3H3. The first-order valence-electron chi connectivity index (χ1n) is 45.0. The number of carbonyl (C=O) groups is 7. The number of halogens is 2. The number of ketones is 5. The minimum Gasteiger partial charge on any atom is -0.488 e. The zero-order chi connectivity index (χ0) is 100. The third-order valence-corrected chi connectivity index (χ3v) is 29.8. The molecule has 0 aliphatic carbocycles. The van der Waals surface area contributed by atoms with Crippen LogP contribution in [0.15, 0.2) is 113 Å². The number of sulfonamides is 3. The van der Waals surface area contributed by atoms with Crippen LogP contribution in [0.4, 0.5) is 18.4 Å². The molecule has 5 aliphatic heterocycles. The summed E-state index contributed by atoms with van der Waals surface area (Å²) >= 11 is 4.37. The molecule has 0 saturated carbocycles. The van der Waals surface area contributed by atoms with Crippen molar-refractivity contribution in [1.82, 2.24) is 72.6 Å². The van der Waals surface area contributed by atoms with E-state index in [1.165, 1.54) is 71.2 Å². The monoisotopic (exact) mass is 2020 g/mol. The second kappa shape index (κ2) is 48.8. The number of likely N-dealkylation sites (tertiary alicyclic amines) is 2. The highest BCUT2D eigenvalue weighted by atomic mass is 32.2. The van der Waals surface area contributed by atoms with Gasteiger partial charge in [0.15, 0.2) is 28.9 Å². The molecule has 15 heterocycles. The van der Waals surface area contributed by atoms with Crippen LogP contribution in [0.3, 0.4) is 0 Å². The minimum absolute atomic E-state index is 0.0229. The maximum atomic E-state index is 13.0. The summed E-state index contributed by atoms with van der Waals surface area (Å²) in [6.07, 6.45) is 2.58. The molecule has 0 bridgehead atoms. The summed E-state index contributed by atoms with van der Waals surface area (Å²) in [7, 11) is -9.58. The number of aryl methyl sites for hydroxylation is 8. The summed E-state index contributed by atoms with van der Waals surface area (Å²) in [4.78, 5) is 132. The number of hydrogen-bond donors (Lipinski definition) is 0. The Morgan fingerprint density at radius 2 is 0.667 bits per heavy atom. The van der Waals surface area contributed by atoms with Gasteiger partial charge in [-0.25, -0.2) is 83.5 Å². The van der Waals surface area contributed by atoms with Crippen molar-refractivity contribution in [3.8, 4) is 28.7 Å². The number of carbonyl (C=O) groups excluding carboxylic acids is 7. The largest absolute Gasteiger partial charge is 0.488 e. The topological polar surface area (TPSA) is 432 Å². The molecule has 5 aliphatic rings. The molecule has 138 heavy (non-hydrogen) atoms. The van der Waals surface area contributed by atoms with Gasteiger partial charge in [0.05, 0.1) is 140 Å². The van der Waals surface area contributed by atoms with E-state index in [4.69, 9.17) is 33.2 Å². The smallest absolute Gasteiger partial charge is 0.410 e. The van der Waals surface area contributed by atoms with E-state index in [-0.39, 0.29) is 144 Å². The van der Waals surface area contributed by atoms with Crippen molar-refractivity contribution in [3.05, 3.63) is 226 Å². The van der Waals surface area contributed by atoms with Crippen molar-refractivity contribution >= 4 is 105 Å². The van der Waals surface area contributed by atoms with Crippen LogP contribution in [-0.4, -0.2) is 265 Å². The van der Waals surface area contributed by atoms with Gasteiger partial charge in [0, 0.05) is 134 Å². The Bertz CT molecular complexity index is 6300. The highest BCUT2D eigenvalue weighted by molar-refractivity contribution is 7.89.